The van der Waals surface area contributed by atoms with Gasteiger partial charge in [0.25, 0.3) is 0 Å². The van der Waals surface area contributed by atoms with E-state index in [0.717, 1.165) is 19.4 Å². The molecule has 19 heavy (non-hydrogen) atoms. The van der Waals surface area contributed by atoms with Gasteiger partial charge in [0.1, 0.15) is 6.61 Å². The van der Waals surface area contributed by atoms with Crippen molar-refractivity contribution in [2.75, 3.05) is 13.2 Å². The summed E-state index contributed by atoms with van der Waals surface area (Å²) in [6.45, 7) is 9.25. The Kier molecular flexibility index (Phi) is 6.32. The molecule has 0 saturated carbocycles. The van der Waals surface area contributed by atoms with Crippen LogP contribution in [0.2, 0.25) is 0 Å². The van der Waals surface area contributed by atoms with E-state index in [1.165, 1.54) is 0 Å². The lowest BCUT2D eigenvalue weighted by Gasteiger charge is -2.25. The number of amides is 1. The van der Waals surface area contributed by atoms with Gasteiger partial charge in [0, 0.05) is 19.4 Å². The first-order chi connectivity index (χ1) is 8.90. The minimum atomic E-state index is -0.154. The molecule has 0 aromatic rings. The predicted molar refractivity (Wildman–Crippen MR) is 74.6 cm³/mol. The van der Waals surface area contributed by atoms with E-state index in [1.54, 1.807) is 0 Å². The summed E-state index contributed by atoms with van der Waals surface area (Å²) in [7, 11) is 0. The summed E-state index contributed by atoms with van der Waals surface area (Å²) in [5, 5.41) is 0. The molecule has 1 saturated heterocycles. The Morgan fingerprint density at radius 1 is 1.16 bits per heavy atom. The van der Waals surface area contributed by atoms with Gasteiger partial charge >= 0.3 is 5.97 Å². The molecule has 1 heterocycles. The van der Waals surface area contributed by atoms with E-state index in [2.05, 4.69) is 0 Å². The molecule has 110 valence electrons. The van der Waals surface area contributed by atoms with Crippen molar-refractivity contribution >= 4 is 11.9 Å². The third-order valence-corrected chi connectivity index (χ3v) is 3.29. The van der Waals surface area contributed by atoms with Crippen LogP contribution in [0, 0.1) is 11.8 Å². The molecule has 0 spiro atoms. The zero-order chi connectivity index (χ0) is 14.4. The first-order valence-corrected chi connectivity index (χ1v) is 7.35. The molecule has 0 bridgehead atoms. The summed E-state index contributed by atoms with van der Waals surface area (Å²) >= 11 is 0. The second-order valence-electron chi connectivity index (χ2n) is 6.26. The summed E-state index contributed by atoms with van der Waals surface area (Å²) in [6, 6.07) is 0.0855. The number of likely N-dealkylation sites (tertiary alicyclic amines) is 1. The first kappa shape index (κ1) is 16.0. The topological polar surface area (TPSA) is 46.6 Å². The molecule has 0 aliphatic carbocycles. The van der Waals surface area contributed by atoms with Gasteiger partial charge in [-0.1, -0.05) is 27.7 Å². The van der Waals surface area contributed by atoms with E-state index in [0.29, 0.717) is 31.3 Å². The molecule has 1 rings (SSSR count). The highest BCUT2D eigenvalue weighted by molar-refractivity contribution is 5.77. The van der Waals surface area contributed by atoms with E-state index in [1.807, 2.05) is 32.6 Å². The quantitative estimate of drug-likeness (QED) is 0.696. The number of hydrogen-bond donors (Lipinski definition) is 0. The Bertz CT molecular complexity index is 313. The largest absolute Gasteiger partial charge is 0.463 e. The number of hydrogen-bond acceptors (Lipinski definition) is 3. The molecule has 1 unspecified atom stereocenters. The van der Waals surface area contributed by atoms with Crippen LogP contribution in [0.1, 0.15) is 53.4 Å². The smallest absolute Gasteiger partial charge is 0.306 e. The summed E-state index contributed by atoms with van der Waals surface area (Å²) in [5.74, 6) is 0.725. The Hall–Kier alpha value is -1.06. The van der Waals surface area contributed by atoms with Gasteiger partial charge in [0.15, 0.2) is 0 Å². The second-order valence-corrected chi connectivity index (χ2v) is 6.26. The summed E-state index contributed by atoms with van der Waals surface area (Å²) in [6.07, 6.45) is 2.98. The van der Waals surface area contributed by atoms with E-state index in [4.69, 9.17) is 4.74 Å². The monoisotopic (exact) mass is 269 g/mol. The molecular weight excluding hydrogens is 242 g/mol. The second kappa shape index (κ2) is 7.51. The minimum absolute atomic E-state index is 0.0855. The Balaban J connectivity index is 2.40. The lowest BCUT2D eigenvalue weighted by Crippen LogP contribution is -2.39. The minimum Gasteiger partial charge on any atom is -0.463 e. The van der Waals surface area contributed by atoms with Gasteiger partial charge in [-0.05, 0) is 24.7 Å². The van der Waals surface area contributed by atoms with Gasteiger partial charge in [-0.3, -0.25) is 9.59 Å². The Morgan fingerprint density at radius 3 is 2.37 bits per heavy atom. The molecule has 1 aliphatic heterocycles. The van der Waals surface area contributed by atoms with Crippen LogP contribution in [0.15, 0.2) is 0 Å². The van der Waals surface area contributed by atoms with E-state index in [9.17, 15) is 9.59 Å². The normalized spacial score (nSPS) is 19.3. The third kappa shape index (κ3) is 5.62. The molecule has 0 aromatic heterocycles. The zero-order valence-corrected chi connectivity index (χ0v) is 12.6. The fourth-order valence-corrected chi connectivity index (χ4v) is 2.39. The highest BCUT2D eigenvalue weighted by Crippen LogP contribution is 2.20. The van der Waals surface area contributed by atoms with Crippen LogP contribution in [0.4, 0.5) is 0 Å². The SMILES string of the molecule is CC(C)CC(=O)OCC1CCCN1C(=O)CC(C)C. The van der Waals surface area contributed by atoms with Crippen LogP contribution < -0.4 is 0 Å². The van der Waals surface area contributed by atoms with Crippen molar-refractivity contribution in [2.24, 2.45) is 11.8 Å². The van der Waals surface area contributed by atoms with Crippen molar-refractivity contribution in [3.8, 4) is 0 Å². The first-order valence-electron chi connectivity index (χ1n) is 7.35. The summed E-state index contributed by atoms with van der Waals surface area (Å²) in [5.41, 5.74) is 0. The molecule has 4 heteroatoms. The number of rotatable bonds is 6. The number of ether oxygens (including phenoxy) is 1. The van der Waals surface area contributed by atoms with Crippen molar-refractivity contribution in [3.05, 3.63) is 0 Å². The van der Waals surface area contributed by atoms with Gasteiger partial charge in [0.2, 0.25) is 5.91 Å². The predicted octanol–water partition coefficient (Wildman–Crippen LogP) is 2.61. The number of carbonyl (C=O) groups is 2. The average Bonchev–Trinajstić information content (AvgIpc) is 2.72. The third-order valence-electron chi connectivity index (χ3n) is 3.29. The van der Waals surface area contributed by atoms with Crippen LogP contribution >= 0.6 is 0 Å². The number of esters is 1. The number of carbonyl (C=O) groups excluding carboxylic acids is 2. The fraction of sp³-hybridized carbons (Fsp3) is 0.867. The molecule has 4 nitrogen and oxygen atoms in total. The molecule has 0 radical (unpaired) electrons. The molecule has 1 fully saturated rings. The molecule has 1 atom stereocenters. The summed E-state index contributed by atoms with van der Waals surface area (Å²) in [4.78, 5) is 25.5. The van der Waals surface area contributed by atoms with Crippen molar-refractivity contribution in [1.82, 2.24) is 4.90 Å². The van der Waals surface area contributed by atoms with Crippen molar-refractivity contribution < 1.29 is 14.3 Å². The van der Waals surface area contributed by atoms with Gasteiger partial charge < -0.3 is 9.64 Å². The lowest BCUT2D eigenvalue weighted by atomic mass is 10.1. The van der Waals surface area contributed by atoms with Crippen LogP contribution in [0.5, 0.6) is 0 Å². The van der Waals surface area contributed by atoms with Gasteiger partial charge in [0.05, 0.1) is 6.04 Å². The van der Waals surface area contributed by atoms with E-state index >= 15 is 0 Å². The zero-order valence-electron chi connectivity index (χ0n) is 12.6. The van der Waals surface area contributed by atoms with Crippen molar-refractivity contribution in [1.29, 1.82) is 0 Å². The molecule has 1 amide bonds. The maximum absolute atomic E-state index is 12.1. The highest BCUT2D eigenvalue weighted by atomic mass is 16.5. The Labute approximate surface area is 116 Å². The maximum Gasteiger partial charge on any atom is 0.306 e. The fourth-order valence-electron chi connectivity index (χ4n) is 2.39. The van der Waals surface area contributed by atoms with Gasteiger partial charge in [-0.25, -0.2) is 0 Å². The molecule has 0 N–H and O–H groups in total. The van der Waals surface area contributed by atoms with Crippen LogP contribution in [-0.4, -0.2) is 36.0 Å². The lowest BCUT2D eigenvalue weighted by molar-refractivity contribution is -0.148. The average molecular weight is 269 g/mol. The van der Waals surface area contributed by atoms with Gasteiger partial charge in [-0.2, -0.15) is 0 Å². The molecule has 1 aliphatic rings. The van der Waals surface area contributed by atoms with Crippen molar-refractivity contribution in [3.63, 3.8) is 0 Å². The molecular formula is C15H27NO3. The number of nitrogens with zero attached hydrogens (tertiary/aromatic N) is 1. The molecule has 0 aromatic carbocycles. The highest BCUT2D eigenvalue weighted by Gasteiger charge is 2.29. The van der Waals surface area contributed by atoms with Crippen LogP contribution in [-0.2, 0) is 14.3 Å². The standard InChI is InChI=1S/C15H27NO3/c1-11(2)8-14(17)16-7-5-6-13(16)10-19-15(18)9-12(3)4/h11-13H,5-10H2,1-4H3. The van der Waals surface area contributed by atoms with Crippen LogP contribution in [0.3, 0.4) is 0 Å². The van der Waals surface area contributed by atoms with Crippen molar-refractivity contribution in [2.45, 2.75) is 59.4 Å². The van der Waals surface area contributed by atoms with Crippen LogP contribution in [0.25, 0.3) is 0 Å². The Morgan fingerprint density at radius 2 is 1.79 bits per heavy atom. The van der Waals surface area contributed by atoms with E-state index < -0.39 is 0 Å². The summed E-state index contributed by atoms with van der Waals surface area (Å²) < 4.78 is 5.29. The van der Waals surface area contributed by atoms with Gasteiger partial charge in [-0.15, -0.1) is 0 Å². The maximum atomic E-state index is 12.1. The van der Waals surface area contributed by atoms with E-state index in [-0.39, 0.29) is 17.9 Å².